The molecule has 0 fully saturated rings. The third-order valence-corrected chi connectivity index (χ3v) is 3.05. The van der Waals surface area contributed by atoms with Crippen LogP contribution in [0.5, 0.6) is 0 Å². The number of hydrogen-bond acceptors (Lipinski definition) is 2. The summed E-state index contributed by atoms with van der Waals surface area (Å²) < 4.78 is 0. The molecule has 0 aliphatic heterocycles. The fourth-order valence-electron chi connectivity index (χ4n) is 1.99. The summed E-state index contributed by atoms with van der Waals surface area (Å²) in [5.41, 5.74) is 7.73. The number of anilines is 1. The van der Waals surface area contributed by atoms with E-state index in [4.69, 9.17) is 5.73 Å². The third-order valence-electron chi connectivity index (χ3n) is 3.05. The van der Waals surface area contributed by atoms with Crippen LogP contribution < -0.4 is 11.1 Å². The van der Waals surface area contributed by atoms with E-state index in [1.165, 1.54) is 0 Å². The molecule has 2 aromatic carbocycles. The van der Waals surface area contributed by atoms with Crippen molar-refractivity contribution in [3.8, 4) is 11.1 Å². The maximum Gasteiger partial charge on any atom is 0.316 e. The Hall–Kier alpha value is -2.33. The molecule has 0 saturated carbocycles. The minimum atomic E-state index is -0.853. The molecule has 0 radical (unpaired) electrons. The molecule has 0 saturated heterocycles. The molecule has 2 rings (SSSR count). The summed E-state index contributed by atoms with van der Waals surface area (Å²) in [5.74, 6) is 0. The number of nitrogens with one attached hydrogen (secondary N) is 1. The summed E-state index contributed by atoms with van der Waals surface area (Å²) >= 11 is 0. The van der Waals surface area contributed by atoms with Gasteiger partial charge in [-0.1, -0.05) is 36.4 Å². The SMILES string of the molecule is CC(C)(O)c1ccc(-c2cccc(NC(N)=O)c2)cc1. The molecular formula is C16H18N2O2. The molecular weight excluding hydrogens is 252 g/mol. The topological polar surface area (TPSA) is 75.3 Å². The van der Waals surface area contributed by atoms with E-state index in [2.05, 4.69) is 5.32 Å². The van der Waals surface area contributed by atoms with Gasteiger partial charge < -0.3 is 16.2 Å². The van der Waals surface area contributed by atoms with Crippen LogP contribution in [0.3, 0.4) is 0 Å². The lowest BCUT2D eigenvalue weighted by molar-refractivity contribution is 0.0786. The van der Waals surface area contributed by atoms with Crippen molar-refractivity contribution in [2.24, 2.45) is 5.73 Å². The number of carbonyl (C=O) groups excluding carboxylic acids is 1. The zero-order chi connectivity index (χ0) is 14.8. The number of urea groups is 1. The molecule has 0 unspecified atom stereocenters. The predicted octanol–water partition coefficient (Wildman–Crippen LogP) is 3.07. The first-order valence-electron chi connectivity index (χ1n) is 6.36. The maximum atomic E-state index is 10.9. The molecule has 4 N–H and O–H groups in total. The Labute approximate surface area is 118 Å². The lowest BCUT2D eigenvalue weighted by atomic mass is 9.95. The molecule has 0 bridgehead atoms. The van der Waals surface area contributed by atoms with Crippen LogP contribution in [0.4, 0.5) is 10.5 Å². The Kier molecular flexibility index (Phi) is 3.77. The number of nitrogens with two attached hydrogens (primary N) is 1. The largest absolute Gasteiger partial charge is 0.386 e. The average Bonchev–Trinajstić information content (AvgIpc) is 2.37. The van der Waals surface area contributed by atoms with Crippen molar-refractivity contribution in [1.29, 1.82) is 0 Å². The lowest BCUT2D eigenvalue weighted by Crippen LogP contribution is -2.19. The van der Waals surface area contributed by atoms with Crippen molar-refractivity contribution in [3.63, 3.8) is 0 Å². The van der Waals surface area contributed by atoms with Crippen LogP contribution in [0.2, 0.25) is 0 Å². The lowest BCUT2D eigenvalue weighted by Gasteiger charge is -2.18. The third kappa shape index (κ3) is 3.36. The van der Waals surface area contributed by atoms with Crippen molar-refractivity contribution < 1.29 is 9.90 Å². The van der Waals surface area contributed by atoms with Gasteiger partial charge in [0.2, 0.25) is 0 Å². The number of benzene rings is 2. The van der Waals surface area contributed by atoms with Crippen LogP contribution >= 0.6 is 0 Å². The van der Waals surface area contributed by atoms with Gasteiger partial charge in [-0.3, -0.25) is 0 Å². The normalized spacial score (nSPS) is 11.2. The highest BCUT2D eigenvalue weighted by Gasteiger charge is 2.15. The van der Waals surface area contributed by atoms with Gasteiger partial charge >= 0.3 is 6.03 Å². The fraction of sp³-hybridized carbons (Fsp3) is 0.188. The van der Waals surface area contributed by atoms with Gasteiger partial charge in [0.25, 0.3) is 0 Å². The molecule has 4 nitrogen and oxygen atoms in total. The van der Waals surface area contributed by atoms with E-state index < -0.39 is 11.6 Å². The number of rotatable bonds is 3. The van der Waals surface area contributed by atoms with Crippen molar-refractivity contribution >= 4 is 11.7 Å². The standard InChI is InChI=1S/C16H18N2O2/c1-16(2,20)13-8-6-11(7-9-13)12-4-3-5-14(10-12)18-15(17)19/h3-10,20H,1-2H3,(H3,17,18,19). The predicted molar refractivity (Wildman–Crippen MR) is 80.3 cm³/mol. The van der Waals surface area contributed by atoms with Crippen LogP contribution in [0.1, 0.15) is 19.4 Å². The number of aliphatic hydroxyl groups is 1. The van der Waals surface area contributed by atoms with E-state index in [1.54, 1.807) is 19.9 Å². The summed E-state index contributed by atoms with van der Waals surface area (Å²) in [5, 5.41) is 12.5. The first kappa shape index (κ1) is 14.1. The van der Waals surface area contributed by atoms with E-state index in [0.717, 1.165) is 16.7 Å². The van der Waals surface area contributed by atoms with Gasteiger partial charge in [-0.05, 0) is 42.7 Å². The number of hydrogen-bond donors (Lipinski definition) is 3. The minimum Gasteiger partial charge on any atom is -0.386 e. The summed E-state index contributed by atoms with van der Waals surface area (Å²) in [6.07, 6.45) is 0. The molecule has 2 amide bonds. The molecule has 0 aliphatic rings. The van der Waals surface area contributed by atoms with Crippen LogP contribution in [0, 0.1) is 0 Å². The summed E-state index contributed by atoms with van der Waals surface area (Å²) in [6, 6.07) is 14.5. The molecule has 0 heterocycles. The molecule has 104 valence electrons. The van der Waals surface area contributed by atoms with Crippen LogP contribution in [0.15, 0.2) is 48.5 Å². The Bertz CT molecular complexity index is 613. The average molecular weight is 270 g/mol. The first-order valence-corrected chi connectivity index (χ1v) is 6.36. The second kappa shape index (κ2) is 5.35. The maximum absolute atomic E-state index is 10.9. The van der Waals surface area contributed by atoms with Gasteiger partial charge in [0.15, 0.2) is 0 Å². The van der Waals surface area contributed by atoms with Crippen LogP contribution in [-0.2, 0) is 5.60 Å². The monoisotopic (exact) mass is 270 g/mol. The van der Waals surface area contributed by atoms with E-state index in [0.29, 0.717) is 5.69 Å². The Morgan fingerprint density at radius 3 is 2.30 bits per heavy atom. The summed E-state index contributed by atoms with van der Waals surface area (Å²) in [6.45, 7) is 3.50. The van der Waals surface area contributed by atoms with Gasteiger partial charge in [0, 0.05) is 5.69 Å². The highest BCUT2D eigenvalue weighted by Crippen LogP contribution is 2.26. The zero-order valence-electron chi connectivity index (χ0n) is 11.6. The van der Waals surface area contributed by atoms with E-state index >= 15 is 0 Å². The molecule has 0 atom stereocenters. The molecule has 0 aliphatic carbocycles. The highest BCUT2D eigenvalue weighted by atomic mass is 16.3. The Morgan fingerprint density at radius 2 is 1.75 bits per heavy atom. The van der Waals surface area contributed by atoms with Crippen molar-refractivity contribution in [3.05, 3.63) is 54.1 Å². The second-order valence-corrected chi connectivity index (χ2v) is 5.21. The molecule has 0 aromatic heterocycles. The van der Waals surface area contributed by atoms with Crippen molar-refractivity contribution in [2.75, 3.05) is 5.32 Å². The van der Waals surface area contributed by atoms with Gasteiger partial charge in [-0.25, -0.2) is 4.79 Å². The van der Waals surface area contributed by atoms with Gasteiger partial charge in [0.05, 0.1) is 5.60 Å². The summed E-state index contributed by atoms with van der Waals surface area (Å²) in [4.78, 5) is 10.9. The van der Waals surface area contributed by atoms with Gasteiger partial charge in [-0.2, -0.15) is 0 Å². The number of amides is 2. The van der Waals surface area contributed by atoms with Crippen molar-refractivity contribution in [2.45, 2.75) is 19.4 Å². The van der Waals surface area contributed by atoms with Gasteiger partial charge in [0.1, 0.15) is 0 Å². The number of carbonyl (C=O) groups is 1. The molecule has 20 heavy (non-hydrogen) atoms. The highest BCUT2D eigenvalue weighted by molar-refractivity contribution is 5.88. The van der Waals surface area contributed by atoms with Gasteiger partial charge in [-0.15, -0.1) is 0 Å². The zero-order valence-corrected chi connectivity index (χ0v) is 11.6. The molecule has 2 aromatic rings. The summed E-state index contributed by atoms with van der Waals surface area (Å²) in [7, 11) is 0. The quantitative estimate of drug-likeness (QED) is 0.801. The van der Waals surface area contributed by atoms with Crippen molar-refractivity contribution in [1.82, 2.24) is 0 Å². The second-order valence-electron chi connectivity index (χ2n) is 5.21. The van der Waals surface area contributed by atoms with E-state index in [1.807, 2.05) is 42.5 Å². The first-order chi connectivity index (χ1) is 9.36. The number of primary amides is 1. The van der Waals surface area contributed by atoms with E-state index in [9.17, 15) is 9.90 Å². The smallest absolute Gasteiger partial charge is 0.316 e. The Morgan fingerprint density at radius 1 is 1.10 bits per heavy atom. The van der Waals surface area contributed by atoms with Crippen LogP contribution in [0.25, 0.3) is 11.1 Å². The minimum absolute atomic E-state index is 0.584. The molecule has 0 spiro atoms. The fourth-order valence-corrected chi connectivity index (χ4v) is 1.99. The van der Waals surface area contributed by atoms with Crippen LogP contribution in [-0.4, -0.2) is 11.1 Å². The molecule has 4 heteroatoms. The Balaban J connectivity index is 2.30. The van der Waals surface area contributed by atoms with E-state index in [-0.39, 0.29) is 0 Å².